The molecule has 1 aromatic carbocycles. The zero-order chi connectivity index (χ0) is 21.2. The summed E-state index contributed by atoms with van der Waals surface area (Å²) in [5.41, 5.74) is 4.47. The van der Waals surface area contributed by atoms with E-state index in [1.54, 1.807) is 22.7 Å². The lowest BCUT2D eigenvalue weighted by Crippen LogP contribution is -2.47. The molecule has 0 unspecified atom stereocenters. The first-order valence-corrected chi connectivity index (χ1v) is 12.7. The van der Waals surface area contributed by atoms with E-state index in [-0.39, 0.29) is 0 Å². The van der Waals surface area contributed by atoms with E-state index >= 15 is 0 Å². The van der Waals surface area contributed by atoms with E-state index in [2.05, 4.69) is 50.6 Å². The summed E-state index contributed by atoms with van der Waals surface area (Å²) >= 11 is 3.40. The lowest BCUT2D eigenvalue weighted by atomic mass is 9.99. The summed E-state index contributed by atoms with van der Waals surface area (Å²) in [5.74, 6) is 0. The Bertz CT molecular complexity index is 1370. The first kappa shape index (κ1) is 18.8. The van der Waals surface area contributed by atoms with E-state index in [1.807, 2.05) is 18.6 Å². The molecule has 2 bridgehead atoms. The largest absolute Gasteiger partial charge is 0.361 e. The first-order valence-electron chi connectivity index (χ1n) is 11.1. The van der Waals surface area contributed by atoms with Crippen LogP contribution < -0.4 is 10.2 Å². The molecular formula is C23H23N7S2. The Morgan fingerprint density at radius 1 is 1.00 bits per heavy atom. The van der Waals surface area contributed by atoms with Gasteiger partial charge in [-0.15, -0.1) is 0 Å². The summed E-state index contributed by atoms with van der Waals surface area (Å²) < 4.78 is 0. The quantitative estimate of drug-likeness (QED) is 0.350. The number of piperidine rings is 1. The fraction of sp³-hybridized carbons (Fsp3) is 0.348. The van der Waals surface area contributed by atoms with Crippen molar-refractivity contribution in [3.8, 4) is 21.7 Å². The molecule has 2 fully saturated rings. The zero-order valence-corrected chi connectivity index (χ0v) is 19.3. The number of aromatic amines is 2. The van der Waals surface area contributed by atoms with Crippen molar-refractivity contribution in [3.63, 3.8) is 0 Å². The molecule has 32 heavy (non-hydrogen) atoms. The molecule has 7 rings (SSSR count). The van der Waals surface area contributed by atoms with Crippen LogP contribution in [-0.4, -0.2) is 50.3 Å². The van der Waals surface area contributed by atoms with Crippen molar-refractivity contribution >= 4 is 48.4 Å². The summed E-state index contributed by atoms with van der Waals surface area (Å²) in [7, 11) is 2.20. The van der Waals surface area contributed by atoms with Gasteiger partial charge in [-0.2, -0.15) is 5.10 Å². The number of hydrogen-bond acceptors (Lipinski definition) is 7. The average molecular weight is 462 g/mol. The van der Waals surface area contributed by atoms with Gasteiger partial charge in [0.25, 0.3) is 0 Å². The third-order valence-corrected chi connectivity index (χ3v) is 9.18. The number of nitrogens with zero attached hydrogens (tertiary/aromatic N) is 4. The van der Waals surface area contributed by atoms with Gasteiger partial charge in [-0.25, -0.2) is 9.97 Å². The Morgan fingerprint density at radius 2 is 1.81 bits per heavy atom. The lowest BCUT2D eigenvalue weighted by Gasteiger charge is -2.35. The summed E-state index contributed by atoms with van der Waals surface area (Å²) in [6.45, 7) is 0. The molecule has 0 spiro atoms. The van der Waals surface area contributed by atoms with Gasteiger partial charge >= 0.3 is 0 Å². The van der Waals surface area contributed by atoms with Gasteiger partial charge in [-0.05, 0) is 43.4 Å². The molecule has 6 heterocycles. The normalized spacial score (nSPS) is 22.8. The number of hydrogen-bond donors (Lipinski definition) is 3. The van der Waals surface area contributed by atoms with Gasteiger partial charge in [0.15, 0.2) is 14.8 Å². The molecule has 5 aromatic rings. The SMILES string of the molecule is CN(c1nc2sc(-c3ccc(-c4cn[nH]c4)c4cc[nH]c34)nc2s1)[C@@H]1C[C@H]2CC[C@@H](C1)N2. The summed E-state index contributed by atoms with van der Waals surface area (Å²) in [5, 5.41) is 14.0. The van der Waals surface area contributed by atoms with E-state index in [4.69, 9.17) is 9.97 Å². The Kier molecular flexibility index (Phi) is 4.18. The van der Waals surface area contributed by atoms with E-state index < -0.39 is 0 Å². The highest BCUT2D eigenvalue weighted by molar-refractivity contribution is 7.29. The minimum absolute atomic E-state index is 0.572. The minimum Gasteiger partial charge on any atom is -0.361 e. The Labute approximate surface area is 192 Å². The van der Waals surface area contributed by atoms with Crippen molar-refractivity contribution in [1.82, 2.24) is 30.5 Å². The lowest BCUT2D eigenvalue weighted by molar-refractivity contribution is 0.354. The molecule has 3 atom stereocenters. The number of benzene rings is 1. The molecule has 2 saturated heterocycles. The van der Waals surface area contributed by atoms with Crippen LogP contribution in [0, 0.1) is 0 Å². The molecule has 9 heteroatoms. The molecule has 0 aliphatic carbocycles. The predicted molar refractivity (Wildman–Crippen MR) is 132 cm³/mol. The van der Waals surface area contributed by atoms with Gasteiger partial charge in [-0.3, -0.25) is 5.10 Å². The molecule has 3 N–H and O–H groups in total. The second kappa shape index (κ2) is 7.13. The van der Waals surface area contributed by atoms with Crippen LogP contribution in [-0.2, 0) is 0 Å². The van der Waals surface area contributed by atoms with Gasteiger partial charge in [0, 0.05) is 54.1 Å². The van der Waals surface area contributed by atoms with Gasteiger partial charge in [-0.1, -0.05) is 28.7 Å². The highest BCUT2D eigenvalue weighted by atomic mass is 32.1. The van der Waals surface area contributed by atoms with Crippen LogP contribution in [0.5, 0.6) is 0 Å². The number of H-pyrrole nitrogens is 2. The fourth-order valence-corrected chi connectivity index (χ4v) is 7.49. The molecule has 2 aliphatic heterocycles. The number of anilines is 1. The minimum atomic E-state index is 0.572. The van der Waals surface area contributed by atoms with Crippen molar-refractivity contribution in [2.75, 3.05) is 11.9 Å². The van der Waals surface area contributed by atoms with Crippen molar-refractivity contribution in [2.45, 2.75) is 43.8 Å². The van der Waals surface area contributed by atoms with Crippen LogP contribution >= 0.6 is 22.7 Å². The molecule has 2 aliphatic rings. The maximum Gasteiger partial charge on any atom is 0.188 e. The number of rotatable bonds is 4. The van der Waals surface area contributed by atoms with Gasteiger partial charge in [0.2, 0.25) is 0 Å². The highest BCUT2D eigenvalue weighted by Gasteiger charge is 2.36. The number of aromatic nitrogens is 5. The van der Waals surface area contributed by atoms with E-state index in [9.17, 15) is 0 Å². The molecule has 162 valence electrons. The van der Waals surface area contributed by atoms with Crippen LogP contribution in [0.3, 0.4) is 0 Å². The van der Waals surface area contributed by atoms with Crippen molar-refractivity contribution in [3.05, 3.63) is 36.8 Å². The highest BCUT2D eigenvalue weighted by Crippen LogP contribution is 2.41. The second-order valence-corrected chi connectivity index (χ2v) is 10.8. The van der Waals surface area contributed by atoms with E-state index in [0.29, 0.717) is 18.1 Å². The van der Waals surface area contributed by atoms with Crippen LogP contribution in [0.25, 0.3) is 42.3 Å². The monoisotopic (exact) mass is 461 g/mol. The van der Waals surface area contributed by atoms with Crippen molar-refractivity contribution in [1.29, 1.82) is 0 Å². The molecule has 4 aromatic heterocycles. The van der Waals surface area contributed by atoms with Gasteiger partial charge in [0.1, 0.15) is 5.01 Å². The van der Waals surface area contributed by atoms with Gasteiger partial charge in [0.05, 0.1) is 11.7 Å². The maximum absolute atomic E-state index is 4.99. The average Bonchev–Trinajstić information content (AvgIpc) is 3.60. The second-order valence-electron chi connectivity index (χ2n) is 8.91. The van der Waals surface area contributed by atoms with Crippen molar-refractivity contribution < 1.29 is 0 Å². The summed E-state index contributed by atoms with van der Waals surface area (Å²) in [4.78, 5) is 17.9. The zero-order valence-electron chi connectivity index (χ0n) is 17.6. The molecule has 0 radical (unpaired) electrons. The smallest absolute Gasteiger partial charge is 0.188 e. The number of thiazole rings is 2. The molecule has 7 nitrogen and oxygen atoms in total. The van der Waals surface area contributed by atoms with E-state index in [0.717, 1.165) is 42.0 Å². The first-order chi connectivity index (χ1) is 15.7. The Morgan fingerprint density at radius 3 is 2.59 bits per heavy atom. The van der Waals surface area contributed by atoms with Crippen LogP contribution in [0.15, 0.2) is 36.8 Å². The third-order valence-electron chi connectivity index (χ3n) is 7.02. The van der Waals surface area contributed by atoms with E-state index in [1.165, 1.54) is 31.1 Å². The predicted octanol–water partition coefficient (Wildman–Crippen LogP) is 5.01. The van der Waals surface area contributed by atoms with Crippen LogP contribution in [0.2, 0.25) is 0 Å². The van der Waals surface area contributed by atoms with Crippen molar-refractivity contribution in [2.24, 2.45) is 0 Å². The topological polar surface area (TPSA) is 85.5 Å². The molecule has 0 amide bonds. The standard InChI is InChI=1S/C23H23N7S2/c1-30(15-8-13-2-3-14(9-15)27-13)23-29-22-21(32-23)28-20(31-22)18-5-4-16(12-10-25-26-11-12)17-6-7-24-19(17)18/h4-7,10-11,13-15,24,27H,2-3,8-9H2,1H3,(H,25,26)/t13-,14+,15-. The number of nitrogens with one attached hydrogen (secondary N) is 3. The van der Waals surface area contributed by atoms with Crippen LogP contribution in [0.4, 0.5) is 5.13 Å². The molecular weight excluding hydrogens is 438 g/mol. The maximum atomic E-state index is 4.99. The van der Waals surface area contributed by atoms with Gasteiger partial charge < -0.3 is 15.2 Å². The molecule has 0 saturated carbocycles. The summed E-state index contributed by atoms with van der Waals surface area (Å²) in [6, 6.07) is 8.36. The Hall–Kier alpha value is -2.75. The summed E-state index contributed by atoms with van der Waals surface area (Å²) in [6.07, 6.45) is 10.8. The fourth-order valence-electron chi connectivity index (χ4n) is 5.38. The number of fused-ring (bicyclic) bond motifs is 4. The third kappa shape index (κ3) is 2.92. The Balaban J connectivity index is 1.22. The van der Waals surface area contributed by atoms with Crippen LogP contribution in [0.1, 0.15) is 25.7 Å².